The zero-order chi connectivity index (χ0) is 25.1. The predicted molar refractivity (Wildman–Crippen MR) is 146 cm³/mol. The highest BCUT2D eigenvalue weighted by molar-refractivity contribution is 6.30. The van der Waals surface area contributed by atoms with Crippen molar-refractivity contribution in [3.63, 3.8) is 0 Å². The van der Waals surface area contributed by atoms with Crippen LogP contribution in [0.3, 0.4) is 0 Å². The van der Waals surface area contributed by atoms with Gasteiger partial charge in [0.1, 0.15) is 5.82 Å². The van der Waals surface area contributed by atoms with Gasteiger partial charge in [-0.15, -0.1) is 0 Å². The lowest BCUT2D eigenvalue weighted by molar-refractivity contribution is 0.0746. The van der Waals surface area contributed by atoms with Crippen LogP contribution in [0.5, 0.6) is 0 Å². The number of halogens is 1. The van der Waals surface area contributed by atoms with E-state index in [1.807, 2.05) is 35.2 Å². The molecule has 0 atom stereocenters. The number of nitrogens with zero attached hydrogens (tertiary/aromatic N) is 4. The highest BCUT2D eigenvalue weighted by Crippen LogP contribution is 2.29. The Labute approximate surface area is 217 Å². The average molecular weight is 497 g/mol. The summed E-state index contributed by atoms with van der Waals surface area (Å²) in [5.74, 6) is 1.73. The van der Waals surface area contributed by atoms with Gasteiger partial charge in [0.25, 0.3) is 5.91 Å². The van der Waals surface area contributed by atoms with Gasteiger partial charge in [0.2, 0.25) is 0 Å². The maximum atomic E-state index is 13.0. The van der Waals surface area contributed by atoms with E-state index < -0.39 is 0 Å². The van der Waals surface area contributed by atoms with Crippen molar-refractivity contribution in [1.82, 2.24) is 14.9 Å². The third-order valence-electron chi connectivity index (χ3n) is 6.65. The Bertz CT molecular complexity index is 1360. The summed E-state index contributed by atoms with van der Waals surface area (Å²) in [4.78, 5) is 27.2. The zero-order valence-corrected chi connectivity index (χ0v) is 21.4. The van der Waals surface area contributed by atoms with Crippen LogP contribution in [0.15, 0.2) is 78.9 Å². The second kappa shape index (κ2) is 10.5. The highest BCUT2D eigenvalue weighted by Gasteiger charge is 2.26. The van der Waals surface area contributed by atoms with Gasteiger partial charge in [0, 0.05) is 60.0 Å². The summed E-state index contributed by atoms with van der Waals surface area (Å²) in [6.45, 7) is 6.88. The Hall–Kier alpha value is -3.70. The number of aromatic nitrogens is 2. The second-order valence-corrected chi connectivity index (χ2v) is 9.69. The molecule has 0 aliphatic carbocycles. The third kappa shape index (κ3) is 5.26. The van der Waals surface area contributed by atoms with Crippen molar-refractivity contribution in [3.8, 4) is 11.4 Å². The first-order valence-corrected chi connectivity index (χ1v) is 12.6. The quantitative estimate of drug-likeness (QED) is 0.341. The molecule has 0 spiro atoms. The largest absolute Gasteiger partial charge is 0.353 e. The molecule has 1 fully saturated rings. The summed E-state index contributed by atoms with van der Waals surface area (Å²) in [5.41, 5.74) is 6.27. The van der Waals surface area contributed by atoms with Gasteiger partial charge >= 0.3 is 0 Å². The van der Waals surface area contributed by atoms with Gasteiger partial charge in [0.05, 0.1) is 0 Å². The van der Waals surface area contributed by atoms with Crippen molar-refractivity contribution in [2.75, 3.05) is 31.1 Å². The molecule has 5 nitrogen and oxygen atoms in total. The number of benzene rings is 3. The van der Waals surface area contributed by atoms with Crippen LogP contribution in [0.25, 0.3) is 11.4 Å². The Balaban J connectivity index is 1.44. The molecule has 1 aliphatic rings. The van der Waals surface area contributed by atoms with Crippen molar-refractivity contribution in [3.05, 3.63) is 112 Å². The Morgan fingerprint density at radius 2 is 1.58 bits per heavy atom. The summed E-state index contributed by atoms with van der Waals surface area (Å²) >= 11 is 6.00. The normalized spacial score (nSPS) is 13.6. The van der Waals surface area contributed by atoms with Crippen molar-refractivity contribution in [2.24, 2.45) is 0 Å². The Kier molecular flexibility index (Phi) is 7.01. The summed E-state index contributed by atoms with van der Waals surface area (Å²) in [5, 5.41) is 0.630. The van der Waals surface area contributed by atoms with Crippen molar-refractivity contribution in [2.45, 2.75) is 20.3 Å². The fraction of sp³-hybridized carbons (Fsp3) is 0.233. The fourth-order valence-electron chi connectivity index (χ4n) is 4.69. The van der Waals surface area contributed by atoms with E-state index in [1.165, 1.54) is 11.1 Å². The first-order chi connectivity index (χ1) is 17.5. The zero-order valence-electron chi connectivity index (χ0n) is 20.6. The minimum atomic E-state index is 0.0372. The standard InChI is InChI=1S/C30H29ClN4O/c1-21-7-6-8-23(19-21)20-27-22(2)32-28(24-9-4-3-5-10-24)33-29(27)34-15-17-35(18-16-34)30(36)25-11-13-26(31)14-12-25/h3-14,19H,15-18,20H2,1-2H3. The van der Waals surface area contributed by atoms with Gasteiger partial charge < -0.3 is 9.80 Å². The van der Waals surface area contributed by atoms with E-state index in [2.05, 4.69) is 43.0 Å². The number of hydrogen-bond acceptors (Lipinski definition) is 4. The smallest absolute Gasteiger partial charge is 0.253 e. The van der Waals surface area contributed by atoms with Gasteiger partial charge in [-0.05, 0) is 43.7 Å². The number of carbonyl (C=O) groups excluding carboxylic acids is 1. The molecule has 3 aromatic carbocycles. The first-order valence-electron chi connectivity index (χ1n) is 12.3. The lowest BCUT2D eigenvalue weighted by atomic mass is 10.0. The number of hydrogen-bond donors (Lipinski definition) is 0. The van der Waals surface area contributed by atoms with Gasteiger partial charge in [-0.2, -0.15) is 0 Å². The molecule has 0 unspecified atom stereocenters. The minimum absolute atomic E-state index is 0.0372. The molecule has 4 aromatic rings. The van der Waals surface area contributed by atoms with Crippen molar-refractivity contribution in [1.29, 1.82) is 0 Å². The van der Waals surface area contributed by atoms with Crippen LogP contribution < -0.4 is 4.90 Å². The molecule has 0 N–H and O–H groups in total. The van der Waals surface area contributed by atoms with Crippen LogP contribution in [0.2, 0.25) is 5.02 Å². The predicted octanol–water partition coefficient (Wildman–Crippen LogP) is 5.97. The molecule has 1 aliphatic heterocycles. The molecule has 1 amide bonds. The summed E-state index contributed by atoms with van der Waals surface area (Å²) in [6.07, 6.45) is 0.766. The molecule has 0 bridgehead atoms. The SMILES string of the molecule is Cc1cccc(Cc2c(C)nc(-c3ccccc3)nc2N2CCN(C(=O)c3ccc(Cl)cc3)CC2)c1. The van der Waals surface area contributed by atoms with E-state index in [1.54, 1.807) is 24.3 Å². The number of rotatable bonds is 5. The maximum absolute atomic E-state index is 13.0. The Morgan fingerprint density at radius 3 is 2.28 bits per heavy atom. The molecule has 0 saturated carbocycles. The first kappa shape index (κ1) is 24.0. The molecular formula is C30H29ClN4O. The molecule has 2 heterocycles. The van der Waals surface area contributed by atoms with Gasteiger partial charge in [-0.1, -0.05) is 71.8 Å². The summed E-state index contributed by atoms with van der Waals surface area (Å²) in [7, 11) is 0. The van der Waals surface area contributed by atoms with Crippen LogP contribution in [0.4, 0.5) is 5.82 Å². The lowest BCUT2D eigenvalue weighted by Crippen LogP contribution is -2.49. The molecule has 36 heavy (non-hydrogen) atoms. The molecule has 1 saturated heterocycles. The van der Waals surface area contributed by atoms with E-state index in [4.69, 9.17) is 21.6 Å². The van der Waals surface area contributed by atoms with E-state index in [0.29, 0.717) is 36.8 Å². The number of anilines is 1. The van der Waals surface area contributed by atoms with Gasteiger partial charge in [-0.3, -0.25) is 4.79 Å². The molecule has 0 radical (unpaired) electrons. The summed E-state index contributed by atoms with van der Waals surface area (Å²) < 4.78 is 0. The Morgan fingerprint density at radius 1 is 0.861 bits per heavy atom. The number of aryl methyl sites for hydroxylation is 2. The highest BCUT2D eigenvalue weighted by atomic mass is 35.5. The van der Waals surface area contributed by atoms with Crippen LogP contribution in [0.1, 0.15) is 32.7 Å². The van der Waals surface area contributed by atoms with E-state index in [0.717, 1.165) is 34.9 Å². The van der Waals surface area contributed by atoms with Gasteiger partial charge in [-0.25, -0.2) is 9.97 Å². The molecule has 182 valence electrons. The number of amides is 1. The van der Waals surface area contributed by atoms with Crippen molar-refractivity contribution >= 4 is 23.3 Å². The molecule has 6 heteroatoms. The molecular weight excluding hydrogens is 468 g/mol. The van der Waals surface area contributed by atoms with E-state index in [-0.39, 0.29) is 5.91 Å². The minimum Gasteiger partial charge on any atom is -0.353 e. The maximum Gasteiger partial charge on any atom is 0.253 e. The topological polar surface area (TPSA) is 49.3 Å². The van der Waals surface area contributed by atoms with Crippen LogP contribution in [0, 0.1) is 13.8 Å². The van der Waals surface area contributed by atoms with Crippen molar-refractivity contribution < 1.29 is 4.79 Å². The second-order valence-electron chi connectivity index (χ2n) is 9.25. The molecule has 1 aromatic heterocycles. The van der Waals surface area contributed by atoms with Gasteiger partial charge in [0.15, 0.2) is 5.82 Å². The average Bonchev–Trinajstić information content (AvgIpc) is 2.90. The number of piperazine rings is 1. The van der Waals surface area contributed by atoms with E-state index >= 15 is 0 Å². The number of carbonyl (C=O) groups is 1. The van der Waals surface area contributed by atoms with E-state index in [9.17, 15) is 4.79 Å². The van der Waals surface area contributed by atoms with Crippen LogP contribution >= 0.6 is 11.6 Å². The third-order valence-corrected chi connectivity index (χ3v) is 6.90. The molecule has 5 rings (SSSR count). The van der Waals surface area contributed by atoms with Crippen LogP contribution in [-0.4, -0.2) is 47.0 Å². The summed E-state index contributed by atoms with van der Waals surface area (Å²) in [6, 6.07) is 25.8. The van der Waals surface area contributed by atoms with Crippen LogP contribution in [-0.2, 0) is 6.42 Å². The monoisotopic (exact) mass is 496 g/mol. The fourth-order valence-corrected chi connectivity index (χ4v) is 4.81. The lowest BCUT2D eigenvalue weighted by Gasteiger charge is -2.36.